The zero-order valence-electron chi connectivity index (χ0n) is 17.5. The molecule has 4 rings (SSSR count). The van der Waals surface area contributed by atoms with E-state index < -0.39 is 0 Å². The molecule has 2 aromatic carbocycles. The number of ether oxygens (including phenoxy) is 1. The largest absolute Gasteiger partial charge is 0.489 e. The highest BCUT2D eigenvalue weighted by atomic mass is 32.2. The van der Waals surface area contributed by atoms with Gasteiger partial charge in [0.1, 0.15) is 12.4 Å². The Morgan fingerprint density at radius 3 is 2.55 bits per heavy atom. The average molecular weight is 430 g/mol. The van der Waals surface area contributed by atoms with E-state index in [2.05, 4.69) is 41.2 Å². The van der Waals surface area contributed by atoms with Crippen LogP contribution in [0.5, 0.6) is 5.75 Å². The first kappa shape index (κ1) is 20.9. The van der Waals surface area contributed by atoms with Crippen LogP contribution in [0.25, 0.3) is 6.08 Å². The second kappa shape index (κ2) is 9.62. The smallest absolute Gasteiger partial charge is 0.266 e. The fourth-order valence-electron chi connectivity index (χ4n) is 3.06. The van der Waals surface area contributed by atoms with Crippen molar-refractivity contribution in [3.05, 3.63) is 94.7 Å². The highest BCUT2D eigenvalue weighted by molar-refractivity contribution is 8.18. The summed E-state index contributed by atoms with van der Waals surface area (Å²) in [6, 6.07) is 19.8. The van der Waals surface area contributed by atoms with Gasteiger partial charge in [0.15, 0.2) is 5.17 Å². The Morgan fingerprint density at radius 2 is 1.87 bits per heavy atom. The molecule has 0 saturated carbocycles. The Labute approximate surface area is 186 Å². The molecule has 31 heavy (non-hydrogen) atoms. The van der Waals surface area contributed by atoms with Crippen molar-refractivity contribution in [1.82, 2.24) is 9.88 Å². The molecule has 1 aliphatic heterocycles. The maximum Gasteiger partial charge on any atom is 0.266 e. The minimum atomic E-state index is -0.0326. The molecule has 1 aromatic heterocycles. The van der Waals surface area contributed by atoms with Crippen LogP contribution in [0.4, 0.5) is 5.69 Å². The molecule has 0 N–H and O–H groups in total. The number of hydrogen-bond donors (Lipinski definition) is 0. The predicted octanol–water partition coefficient (Wildman–Crippen LogP) is 5.59. The van der Waals surface area contributed by atoms with Crippen molar-refractivity contribution >= 4 is 34.6 Å². The van der Waals surface area contributed by atoms with Gasteiger partial charge in [-0.05, 0) is 67.1 Å². The van der Waals surface area contributed by atoms with Gasteiger partial charge in [0.25, 0.3) is 5.91 Å². The number of aliphatic imine (C=N–C) groups is 1. The molecule has 0 unspecified atom stereocenters. The Kier molecular flexibility index (Phi) is 6.48. The molecule has 0 aliphatic carbocycles. The van der Waals surface area contributed by atoms with Crippen molar-refractivity contribution in [2.75, 3.05) is 6.54 Å². The topological polar surface area (TPSA) is 54.8 Å². The van der Waals surface area contributed by atoms with Crippen molar-refractivity contribution in [3.8, 4) is 5.75 Å². The Bertz CT molecular complexity index is 1110. The predicted molar refractivity (Wildman–Crippen MR) is 126 cm³/mol. The van der Waals surface area contributed by atoms with Gasteiger partial charge in [-0.3, -0.25) is 14.7 Å². The Hall–Kier alpha value is -3.38. The van der Waals surface area contributed by atoms with E-state index >= 15 is 0 Å². The molecule has 6 heteroatoms. The van der Waals surface area contributed by atoms with E-state index in [1.807, 2.05) is 49.4 Å². The monoisotopic (exact) mass is 429 g/mol. The van der Waals surface area contributed by atoms with Gasteiger partial charge < -0.3 is 4.74 Å². The number of benzene rings is 2. The van der Waals surface area contributed by atoms with Gasteiger partial charge in [-0.1, -0.05) is 42.0 Å². The molecule has 0 spiro atoms. The first-order valence-electron chi connectivity index (χ1n) is 10.1. The molecule has 5 nitrogen and oxygen atoms in total. The molecular formula is C25H23N3O2S. The number of hydrogen-bond acceptors (Lipinski definition) is 5. The van der Waals surface area contributed by atoms with Crippen molar-refractivity contribution in [2.24, 2.45) is 4.99 Å². The molecule has 3 aromatic rings. The number of amidine groups is 1. The first-order chi connectivity index (χ1) is 15.1. The van der Waals surface area contributed by atoms with E-state index in [0.717, 1.165) is 22.6 Å². The summed E-state index contributed by atoms with van der Waals surface area (Å²) in [6.07, 6.45) is 5.28. The molecule has 1 fully saturated rings. The van der Waals surface area contributed by atoms with Crippen molar-refractivity contribution < 1.29 is 9.53 Å². The normalized spacial score (nSPS) is 16.3. The van der Waals surface area contributed by atoms with Crippen LogP contribution in [0, 0.1) is 6.92 Å². The van der Waals surface area contributed by atoms with E-state index in [9.17, 15) is 4.79 Å². The average Bonchev–Trinajstić information content (AvgIpc) is 3.08. The lowest BCUT2D eigenvalue weighted by atomic mass is 10.1. The maximum atomic E-state index is 12.8. The fourth-order valence-corrected chi connectivity index (χ4v) is 4.13. The zero-order chi connectivity index (χ0) is 21.6. The number of carbonyl (C=O) groups is 1. The summed E-state index contributed by atoms with van der Waals surface area (Å²) < 4.78 is 5.87. The van der Waals surface area contributed by atoms with Crippen LogP contribution in [0.2, 0.25) is 0 Å². The third-order valence-corrected chi connectivity index (χ3v) is 5.79. The molecule has 1 saturated heterocycles. The van der Waals surface area contributed by atoms with Crippen LogP contribution < -0.4 is 4.74 Å². The first-order valence-corrected chi connectivity index (χ1v) is 10.9. The SMILES string of the molecule is CCN1C(=O)/C(=C/c2ccc(OCc3ccc(C)cc3)cc2)SC1=Nc1cccnc1. The molecule has 1 aliphatic rings. The van der Waals surface area contributed by atoms with E-state index in [4.69, 9.17) is 4.74 Å². The van der Waals surface area contributed by atoms with E-state index in [0.29, 0.717) is 23.2 Å². The second-order valence-electron chi connectivity index (χ2n) is 7.11. The lowest BCUT2D eigenvalue weighted by molar-refractivity contribution is -0.122. The Morgan fingerprint density at radius 1 is 1.10 bits per heavy atom. The van der Waals surface area contributed by atoms with Crippen LogP contribution in [-0.4, -0.2) is 27.5 Å². The van der Waals surface area contributed by atoms with E-state index in [1.54, 1.807) is 17.3 Å². The summed E-state index contributed by atoms with van der Waals surface area (Å²) in [5, 5.41) is 0.671. The highest BCUT2D eigenvalue weighted by Crippen LogP contribution is 2.34. The van der Waals surface area contributed by atoms with E-state index in [1.165, 1.54) is 17.3 Å². The van der Waals surface area contributed by atoms with Crippen LogP contribution in [-0.2, 0) is 11.4 Å². The van der Waals surface area contributed by atoms with Crippen LogP contribution >= 0.6 is 11.8 Å². The van der Waals surface area contributed by atoms with Crippen molar-refractivity contribution in [3.63, 3.8) is 0 Å². The van der Waals surface area contributed by atoms with E-state index in [-0.39, 0.29) is 5.91 Å². The maximum absolute atomic E-state index is 12.8. The van der Waals surface area contributed by atoms with Gasteiger partial charge in [0.05, 0.1) is 16.8 Å². The zero-order valence-corrected chi connectivity index (χ0v) is 18.3. The number of thioether (sulfide) groups is 1. The van der Waals surface area contributed by atoms with Crippen LogP contribution in [0.1, 0.15) is 23.6 Å². The Balaban J connectivity index is 1.45. The fraction of sp³-hybridized carbons (Fsp3) is 0.160. The summed E-state index contributed by atoms with van der Waals surface area (Å²) in [5.41, 5.74) is 4.03. The summed E-state index contributed by atoms with van der Waals surface area (Å²) in [7, 11) is 0. The van der Waals surface area contributed by atoms with Gasteiger partial charge in [0, 0.05) is 12.7 Å². The lowest BCUT2D eigenvalue weighted by Gasteiger charge is -2.11. The number of amides is 1. The van der Waals surface area contributed by atoms with Crippen molar-refractivity contribution in [2.45, 2.75) is 20.5 Å². The second-order valence-corrected chi connectivity index (χ2v) is 8.12. The minimum Gasteiger partial charge on any atom is -0.489 e. The minimum absolute atomic E-state index is 0.0326. The van der Waals surface area contributed by atoms with Crippen molar-refractivity contribution in [1.29, 1.82) is 0 Å². The lowest BCUT2D eigenvalue weighted by Crippen LogP contribution is -2.28. The summed E-state index contributed by atoms with van der Waals surface area (Å²) >= 11 is 1.38. The van der Waals surface area contributed by atoms with Gasteiger partial charge in [-0.2, -0.15) is 0 Å². The molecule has 2 heterocycles. The molecule has 156 valence electrons. The number of nitrogens with zero attached hydrogens (tertiary/aromatic N) is 3. The van der Waals surface area contributed by atoms with Gasteiger partial charge >= 0.3 is 0 Å². The number of aromatic nitrogens is 1. The molecule has 0 bridgehead atoms. The van der Waals surface area contributed by atoms with Crippen LogP contribution in [0.15, 0.2) is 83.0 Å². The number of likely N-dealkylation sites (N-methyl/N-ethyl adjacent to an activating group) is 1. The molecule has 0 atom stereocenters. The number of rotatable bonds is 6. The van der Waals surface area contributed by atoms with Gasteiger partial charge in [-0.15, -0.1) is 0 Å². The van der Waals surface area contributed by atoms with Gasteiger partial charge in [0.2, 0.25) is 0 Å². The van der Waals surface area contributed by atoms with Crippen LogP contribution in [0.3, 0.4) is 0 Å². The third-order valence-electron chi connectivity index (χ3n) is 4.78. The van der Waals surface area contributed by atoms with Gasteiger partial charge in [-0.25, -0.2) is 4.99 Å². The standard InChI is InChI=1S/C25H23N3O2S/c1-3-28-24(29)23(31-25(28)27-21-5-4-14-26-16-21)15-19-10-12-22(13-11-19)30-17-20-8-6-18(2)7-9-20/h4-16H,3,17H2,1-2H3/b23-15-,27-25?. The molecule has 0 radical (unpaired) electrons. The summed E-state index contributed by atoms with van der Waals surface area (Å²) in [4.78, 5) is 23.8. The summed E-state index contributed by atoms with van der Waals surface area (Å²) in [5.74, 6) is 0.761. The number of pyridine rings is 1. The quantitative estimate of drug-likeness (QED) is 0.479. The number of aryl methyl sites for hydroxylation is 1. The highest BCUT2D eigenvalue weighted by Gasteiger charge is 2.32. The third kappa shape index (κ3) is 5.22. The molecular weight excluding hydrogens is 406 g/mol. The number of carbonyl (C=O) groups excluding carboxylic acids is 1. The summed E-state index contributed by atoms with van der Waals surface area (Å²) in [6.45, 7) is 5.10. The molecule has 1 amide bonds.